The van der Waals surface area contributed by atoms with Crippen molar-refractivity contribution in [3.63, 3.8) is 0 Å². The van der Waals surface area contributed by atoms with Crippen LogP contribution in [0.3, 0.4) is 0 Å². The quantitative estimate of drug-likeness (QED) is 0.743. The van der Waals surface area contributed by atoms with Crippen molar-refractivity contribution in [3.05, 3.63) is 50.4 Å². The summed E-state index contributed by atoms with van der Waals surface area (Å²) in [6.45, 7) is 2.89. The Hall–Kier alpha value is -1.04. The zero-order valence-corrected chi connectivity index (χ0v) is 15.3. The molecule has 0 fully saturated rings. The van der Waals surface area contributed by atoms with Crippen molar-refractivity contribution >= 4 is 31.9 Å². The van der Waals surface area contributed by atoms with Gasteiger partial charge in [-0.3, -0.25) is 0 Å². The number of methoxy groups -OCH3 is 1. The molecule has 0 aromatic heterocycles. The highest BCUT2D eigenvalue weighted by Gasteiger charge is 2.10. The molecule has 0 aliphatic rings. The molecule has 1 N–H and O–H groups in total. The summed E-state index contributed by atoms with van der Waals surface area (Å²) in [5.74, 6) is 2.34. The van der Waals surface area contributed by atoms with E-state index in [0.717, 1.165) is 38.3 Å². The van der Waals surface area contributed by atoms with Crippen LogP contribution in [0.4, 0.5) is 0 Å². The van der Waals surface area contributed by atoms with Gasteiger partial charge in [-0.05, 0) is 75.2 Å². The summed E-state index contributed by atoms with van der Waals surface area (Å²) in [5, 5.41) is 3.14. The van der Waals surface area contributed by atoms with Gasteiger partial charge in [-0.1, -0.05) is 12.1 Å². The van der Waals surface area contributed by atoms with E-state index in [0.29, 0.717) is 0 Å². The number of benzene rings is 2. The summed E-state index contributed by atoms with van der Waals surface area (Å²) in [6.07, 6.45) is 0. The fourth-order valence-corrected chi connectivity index (χ4v) is 2.89. The number of aryl methyl sites for hydroxylation is 1. The highest BCUT2D eigenvalue weighted by molar-refractivity contribution is 9.11. The number of ether oxygens (including phenoxy) is 2. The normalized spacial score (nSPS) is 10.5. The molecule has 2 aromatic carbocycles. The topological polar surface area (TPSA) is 30.5 Å². The van der Waals surface area contributed by atoms with Gasteiger partial charge in [0.15, 0.2) is 0 Å². The SMILES string of the molecule is CNCc1ccc(Oc2cc(Br)c(OC)cc2Br)c(C)c1. The minimum Gasteiger partial charge on any atom is -0.496 e. The summed E-state index contributed by atoms with van der Waals surface area (Å²) >= 11 is 6.98. The molecule has 3 nitrogen and oxygen atoms in total. The Bertz CT molecular complexity index is 644. The van der Waals surface area contributed by atoms with E-state index in [9.17, 15) is 0 Å². The molecule has 2 rings (SSSR count). The summed E-state index contributed by atoms with van der Waals surface area (Å²) in [6, 6.07) is 9.95. The third kappa shape index (κ3) is 3.99. The molecule has 5 heteroatoms. The molecule has 0 aliphatic heterocycles. The minimum atomic E-state index is 0.743. The molecule has 0 bridgehead atoms. The maximum absolute atomic E-state index is 6.00. The second-order valence-corrected chi connectivity index (χ2v) is 6.36. The molecule has 0 atom stereocenters. The lowest BCUT2D eigenvalue weighted by atomic mass is 10.1. The van der Waals surface area contributed by atoms with Gasteiger partial charge < -0.3 is 14.8 Å². The maximum Gasteiger partial charge on any atom is 0.143 e. The Kier molecular flexibility index (Phi) is 5.67. The lowest BCUT2D eigenvalue weighted by molar-refractivity contribution is 0.409. The molecule has 2 aromatic rings. The molecule has 0 saturated heterocycles. The van der Waals surface area contributed by atoms with Crippen LogP contribution >= 0.6 is 31.9 Å². The second-order valence-electron chi connectivity index (χ2n) is 4.65. The van der Waals surface area contributed by atoms with E-state index in [-0.39, 0.29) is 0 Å². The maximum atomic E-state index is 6.00. The van der Waals surface area contributed by atoms with E-state index in [4.69, 9.17) is 9.47 Å². The minimum absolute atomic E-state index is 0.743. The van der Waals surface area contributed by atoms with Gasteiger partial charge in [-0.15, -0.1) is 0 Å². The van der Waals surface area contributed by atoms with Crippen molar-refractivity contribution < 1.29 is 9.47 Å². The lowest BCUT2D eigenvalue weighted by Gasteiger charge is -2.13. The zero-order valence-electron chi connectivity index (χ0n) is 12.2. The van der Waals surface area contributed by atoms with E-state index < -0.39 is 0 Å². The van der Waals surface area contributed by atoms with Crippen molar-refractivity contribution in [3.8, 4) is 17.2 Å². The highest BCUT2D eigenvalue weighted by atomic mass is 79.9. The van der Waals surface area contributed by atoms with Gasteiger partial charge in [0.1, 0.15) is 17.2 Å². The van der Waals surface area contributed by atoms with Crippen molar-refractivity contribution in [2.45, 2.75) is 13.5 Å². The largest absolute Gasteiger partial charge is 0.496 e. The van der Waals surface area contributed by atoms with Crippen molar-refractivity contribution in [2.24, 2.45) is 0 Å². The Morgan fingerprint density at radius 2 is 1.67 bits per heavy atom. The molecular weight excluding hydrogens is 398 g/mol. The van der Waals surface area contributed by atoms with Gasteiger partial charge in [-0.2, -0.15) is 0 Å². The summed E-state index contributed by atoms with van der Waals surface area (Å²) in [7, 11) is 3.57. The molecule has 0 spiro atoms. The first kappa shape index (κ1) is 16.3. The van der Waals surface area contributed by atoms with Crippen molar-refractivity contribution in [1.29, 1.82) is 0 Å². The molecule has 0 aliphatic carbocycles. The van der Waals surface area contributed by atoms with Gasteiger partial charge in [0, 0.05) is 6.54 Å². The molecule has 0 radical (unpaired) electrons. The summed E-state index contributed by atoms with van der Waals surface area (Å²) in [5.41, 5.74) is 2.33. The summed E-state index contributed by atoms with van der Waals surface area (Å²) in [4.78, 5) is 0. The summed E-state index contributed by atoms with van der Waals surface area (Å²) < 4.78 is 13.0. The van der Waals surface area contributed by atoms with Gasteiger partial charge in [-0.25, -0.2) is 0 Å². The first-order valence-corrected chi connectivity index (χ1v) is 8.08. The van der Waals surface area contributed by atoms with Crippen molar-refractivity contribution in [1.82, 2.24) is 5.32 Å². The molecule has 112 valence electrons. The van der Waals surface area contributed by atoms with E-state index in [2.05, 4.69) is 49.3 Å². The Balaban J connectivity index is 2.28. The number of hydrogen-bond donors (Lipinski definition) is 1. The second kappa shape index (κ2) is 7.29. The Labute approximate surface area is 141 Å². The average molecular weight is 415 g/mol. The predicted molar refractivity (Wildman–Crippen MR) is 92.4 cm³/mol. The fraction of sp³-hybridized carbons (Fsp3) is 0.250. The Morgan fingerprint density at radius 3 is 2.29 bits per heavy atom. The van der Waals surface area contributed by atoms with E-state index in [1.54, 1.807) is 7.11 Å². The lowest BCUT2D eigenvalue weighted by Crippen LogP contribution is -2.05. The third-order valence-corrected chi connectivity index (χ3v) is 4.29. The standard InChI is InChI=1S/C16H17Br2NO2/c1-10-6-11(9-19-2)4-5-14(10)21-16-8-12(17)15(20-3)7-13(16)18/h4-8,19H,9H2,1-3H3. The monoisotopic (exact) mass is 413 g/mol. The van der Waals surface area contributed by atoms with Gasteiger partial charge >= 0.3 is 0 Å². The van der Waals surface area contributed by atoms with E-state index in [1.165, 1.54) is 5.56 Å². The van der Waals surface area contributed by atoms with E-state index >= 15 is 0 Å². The predicted octanol–water partition coefficient (Wildman–Crippen LogP) is 5.04. The first-order chi connectivity index (χ1) is 10.0. The van der Waals surface area contributed by atoms with Crippen LogP contribution in [0.5, 0.6) is 17.2 Å². The number of nitrogens with one attached hydrogen (secondary N) is 1. The fourth-order valence-electron chi connectivity index (χ4n) is 2.00. The van der Waals surface area contributed by atoms with Crippen molar-refractivity contribution in [2.75, 3.05) is 14.2 Å². The smallest absolute Gasteiger partial charge is 0.143 e. The number of hydrogen-bond acceptors (Lipinski definition) is 3. The van der Waals surface area contributed by atoms with E-state index in [1.807, 2.05) is 32.2 Å². The highest BCUT2D eigenvalue weighted by Crippen LogP contribution is 2.38. The molecule has 0 saturated carbocycles. The van der Waals surface area contributed by atoms with Crippen LogP contribution in [0.15, 0.2) is 39.3 Å². The number of halogens is 2. The van der Waals surface area contributed by atoms with Crippen LogP contribution in [-0.2, 0) is 6.54 Å². The average Bonchev–Trinajstić information content (AvgIpc) is 2.45. The van der Waals surface area contributed by atoms with Gasteiger partial charge in [0.25, 0.3) is 0 Å². The van der Waals surface area contributed by atoms with Gasteiger partial charge in [0.05, 0.1) is 16.1 Å². The van der Waals surface area contributed by atoms with Crippen LogP contribution in [0.1, 0.15) is 11.1 Å². The van der Waals surface area contributed by atoms with Crippen LogP contribution < -0.4 is 14.8 Å². The first-order valence-electron chi connectivity index (χ1n) is 6.50. The van der Waals surface area contributed by atoms with Crippen LogP contribution in [0.25, 0.3) is 0 Å². The Morgan fingerprint density at radius 1 is 1.00 bits per heavy atom. The number of rotatable bonds is 5. The molecule has 21 heavy (non-hydrogen) atoms. The third-order valence-electron chi connectivity index (χ3n) is 3.05. The molecule has 0 unspecified atom stereocenters. The molecular formula is C16H17Br2NO2. The van der Waals surface area contributed by atoms with Crippen LogP contribution in [0.2, 0.25) is 0 Å². The zero-order chi connectivity index (χ0) is 15.4. The van der Waals surface area contributed by atoms with Gasteiger partial charge in [0.2, 0.25) is 0 Å². The molecule has 0 heterocycles. The van der Waals surface area contributed by atoms with Crippen LogP contribution in [-0.4, -0.2) is 14.2 Å². The molecule has 0 amide bonds. The van der Waals surface area contributed by atoms with Crippen LogP contribution in [0, 0.1) is 6.92 Å².